The number of rotatable bonds is 8. The van der Waals surface area contributed by atoms with Gasteiger partial charge in [-0.15, -0.1) is 0 Å². The van der Waals surface area contributed by atoms with Crippen molar-refractivity contribution in [2.75, 3.05) is 20.0 Å². The van der Waals surface area contributed by atoms with E-state index in [4.69, 9.17) is 10.5 Å². The molecule has 0 aromatic heterocycles. The van der Waals surface area contributed by atoms with Crippen LogP contribution in [-0.2, 0) is 25.9 Å². The van der Waals surface area contributed by atoms with Crippen molar-refractivity contribution in [1.82, 2.24) is 10.4 Å². The van der Waals surface area contributed by atoms with Gasteiger partial charge in [0.1, 0.15) is 0 Å². The van der Waals surface area contributed by atoms with Gasteiger partial charge in [-0.25, -0.2) is 13.8 Å². The van der Waals surface area contributed by atoms with Gasteiger partial charge in [0.2, 0.25) is 5.91 Å². The number of primary amides is 1. The van der Waals surface area contributed by atoms with Crippen LogP contribution in [0.25, 0.3) is 11.1 Å². The highest BCUT2D eigenvalue weighted by Gasteiger charge is 2.36. The van der Waals surface area contributed by atoms with Gasteiger partial charge in [0, 0.05) is 19.6 Å². The summed E-state index contributed by atoms with van der Waals surface area (Å²) in [5.41, 5.74) is 10.6. The van der Waals surface area contributed by atoms with Gasteiger partial charge < -0.3 is 15.5 Å². The van der Waals surface area contributed by atoms with Crippen molar-refractivity contribution in [1.29, 1.82) is 0 Å². The number of amides is 1. The topological polar surface area (TPSA) is 102 Å². The van der Waals surface area contributed by atoms with E-state index in [-0.39, 0.29) is 0 Å². The Morgan fingerprint density at radius 2 is 1.73 bits per heavy atom. The molecule has 0 bridgehead atoms. The van der Waals surface area contributed by atoms with Crippen molar-refractivity contribution >= 4 is 15.7 Å². The maximum Gasteiger partial charge on any atom is 0.247 e. The minimum absolute atomic E-state index is 0.298. The van der Waals surface area contributed by atoms with E-state index < -0.39 is 21.3 Å². The van der Waals surface area contributed by atoms with Gasteiger partial charge in [-0.2, -0.15) is 0 Å². The number of hydrogen-bond donors (Lipinski definition) is 2. The summed E-state index contributed by atoms with van der Waals surface area (Å²) in [7, 11) is -1.63. The first-order valence-corrected chi connectivity index (χ1v) is 11.2. The van der Waals surface area contributed by atoms with Crippen molar-refractivity contribution in [2.24, 2.45) is 5.73 Å². The number of nitrogens with zero attached hydrogens (tertiary/aromatic N) is 1. The third kappa shape index (κ3) is 4.96. The Hall–Kier alpha value is -2.94. The molecule has 1 aliphatic rings. The lowest BCUT2D eigenvalue weighted by atomic mass is 10.0. The Balaban J connectivity index is 1.68. The molecule has 158 valence electrons. The molecule has 0 saturated heterocycles. The Labute approximate surface area is 176 Å². The number of carbonyl (C=O) groups is 1. The number of benzene rings is 2. The van der Waals surface area contributed by atoms with E-state index in [1.807, 2.05) is 24.3 Å². The highest BCUT2D eigenvalue weighted by atomic mass is 32.2. The molecule has 2 aromatic rings. The highest BCUT2D eigenvalue weighted by molar-refractivity contribution is 7.90. The third-order valence-corrected chi connectivity index (χ3v) is 5.95. The molecule has 3 N–H and O–H groups in total. The number of hydrogen-bond acceptors (Lipinski definition) is 6. The number of methoxy groups -OCH3 is 1. The molecule has 1 unspecified atom stereocenters. The van der Waals surface area contributed by atoms with Crippen molar-refractivity contribution in [3.8, 4) is 11.1 Å². The van der Waals surface area contributed by atoms with Gasteiger partial charge in [-0.1, -0.05) is 48.6 Å². The van der Waals surface area contributed by atoms with E-state index in [9.17, 15) is 13.2 Å². The summed E-state index contributed by atoms with van der Waals surface area (Å²) in [6, 6.07) is 14.7. The van der Waals surface area contributed by atoms with E-state index >= 15 is 0 Å². The predicted molar refractivity (Wildman–Crippen MR) is 116 cm³/mol. The monoisotopic (exact) mass is 427 g/mol. The van der Waals surface area contributed by atoms with E-state index in [1.54, 1.807) is 60.8 Å². The summed E-state index contributed by atoms with van der Waals surface area (Å²) < 4.78 is 28.2. The molecular formula is C22H25N3O4S. The molecule has 1 amide bonds. The Bertz CT molecular complexity index is 1060. The second-order valence-electron chi connectivity index (χ2n) is 7.14. The minimum Gasteiger partial charge on any atom is -0.381 e. The average Bonchev–Trinajstić information content (AvgIpc) is 3.12. The normalized spacial score (nSPS) is 18.9. The second-order valence-corrected chi connectivity index (χ2v) is 9.16. The maximum absolute atomic E-state index is 12.0. The lowest BCUT2D eigenvalue weighted by Gasteiger charge is -2.26. The summed E-state index contributed by atoms with van der Waals surface area (Å²) >= 11 is 0. The summed E-state index contributed by atoms with van der Waals surface area (Å²) in [5, 5.41) is 1.80. The van der Waals surface area contributed by atoms with Crippen molar-refractivity contribution in [2.45, 2.75) is 17.0 Å². The van der Waals surface area contributed by atoms with Gasteiger partial charge in [-0.05, 0) is 34.9 Å². The van der Waals surface area contributed by atoms with Crippen LogP contribution in [-0.4, -0.2) is 44.8 Å². The van der Waals surface area contributed by atoms with Crippen LogP contribution in [0.3, 0.4) is 0 Å². The van der Waals surface area contributed by atoms with Crippen LogP contribution < -0.4 is 11.2 Å². The molecule has 30 heavy (non-hydrogen) atoms. The number of ether oxygens (including phenoxy) is 1. The summed E-state index contributed by atoms with van der Waals surface area (Å²) in [5.74, 6) is -0.499. The molecule has 0 fully saturated rings. The molecule has 1 atom stereocenters. The van der Waals surface area contributed by atoms with E-state index in [2.05, 4.69) is 5.43 Å². The fourth-order valence-corrected chi connectivity index (χ4v) is 3.78. The molecule has 1 heterocycles. The molecule has 3 rings (SSSR count). The predicted octanol–water partition coefficient (Wildman–Crippen LogP) is 2.02. The van der Waals surface area contributed by atoms with E-state index in [0.29, 0.717) is 18.0 Å². The zero-order valence-corrected chi connectivity index (χ0v) is 17.7. The first-order chi connectivity index (χ1) is 14.2. The molecule has 7 nitrogen and oxygen atoms in total. The van der Waals surface area contributed by atoms with Gasteiger partial charge >= 0.3 is 0 Å². The summed E-state index contributed by atoms with van der Waals surface area (Å²) in [6.45, 7) is 0.925. The number of carbonyl (C=O) groups excluding carboxylic acids is 1. The number of nitrogens with two attached hydrogens (primary N) is 1. The molecule has 0 aliphatic carbocycles. The smallest absolute Gasteiger partial charge is 0.247 e. The molecule has 2 aromatic carbocycles. The van der Waals surface area contributed by atoms with Crippen LogP contribution in [0.1, 0.15) is 5.56 Å². The van der Waals surface area contributed by atoms with Crippen LogP contribution in [0.5, 0.6) is 0 Å². The largest absolute Gasteiger partial charge is 0.381 e. The molecule has 0 spiro atoms. The first-order valence-electron chi connectivity index (χ1n) is 9.33. The third-order valence-electron chi connectivity index (χ3n) is 4.82. The van der Waals surface area contributed by atoms with Gasteiger partial charge in [-0.3, -0.25) is 4.79 Å². The van der Waals surface area contributed by atoms with E-state index in [1.165, 1.54) is 6.26 Å². The fourth-order valence-electron chi connectivity index (χ4n) is 3.15. The standard InChI is InChI=1S/C22H25N3O4S/c1-29-15-3-12-22(21(23)26)13-14-25(24-22)16-17-4-6-18(7-5-17)19-8-10-20(11-9-19)30(2,27)28/h3-14,24H,15-16H2,1-2H3,(H2,23,26). The molecule has 0 radical (unpaired) electrons. The average molecular weight is 428 g/mol. The maximum atomic E-state index is 12.0. The van der Waals surface area contributed by atoms with Gasteiger partial charge in [0.25, 0.3) is 0 Å². The summed E-state index contributed by atoms with van der Waals surface area (Å²) in [4.78, 5) is 12.3. The number of sulfone groups is 1. The zero-order chi connectivity index (χ0) is 21.8. The lowest BCUT2D eigenvalue weighted by Crippen LogP contribution is -2.53. The van der Waals surface area contributed by atoms with Crippen LogP contribution in [0, 0.1) is 0 Å². The molecule has 0 saturated carbocycles. The van der Waals surface area contributed by atoms with Crippen molar-refractivity contribution in [3.63, 3.8) is 0 Å². The van der Waals surface area contributed by atoms with Crippen molar-refractivity contribution in [3.05, 3.63) is 78.5 Å². The number of nitrogens with one attached hydrogen (secondary N) is 1. The Morgan fingerprint density at radius 3 is 2.27 bits per heavy atom. The zero-order valence-electron chi connectivity index (χ0n) is 16.9. The molecular weight excluding hydrogens is 402 g/mol. The van der Waals surface area contributed by atoms with Crippen LogP contribution in [0.4, 0.5) is 0 Å². The quantitative estimate of drug-likeness (QED) is 0.625. The van der Waals surface area contributed by atoms with Gasteiger partial charge in [0.05, 0.1) is 18.0 Å². The molecule has 8 heteroatoms. The Morgan fingerprint density at radius 1 is 1.13 bits per heavy atom. The van der Waals surface area contributed by atoms with Crippen LogP contribution in [0.2, 0.25) is 0 Å². The minimum atomic E-state index is -3.21. The Kier molecular flexibility index (Phi) is 6.40. The van der Waals surface area contributed by atoms with Gasteiger partial charge in [0.15, 0.2) is 15.4 Å². The van der Waals surface area contributed by atoms with E-state index in [0.717, 1.165) is 16.7 Å². The fraction of sp³-hybridized carbons (Fsp3) is 0.227. The van der Waals surface area contributed by atoms with Crippen LogP contribution in [0.15, 0.2) is 77.9 Å². The summed E-state index contributed by atoms with van der Waals surface area (Å²) in [6.07, 6.45) is 8.14. The second kappa shape index (κ2) is 8.83. The number of hydrazine groups is 1. The lowest BCUT2D eigenvalue weighted by molar-refractivity contribution is -0.122. The first kappa shape index (κ1) is 21.8. The van der Waals surface area contributed by atoms with Crippen LogP contribution >= 0.6 is 0 Å². The molecule has 1 aliphatic heterocycles. The van der Waals surface area contributed by atoms with Crippen molar-refractivity contribution < 1.29 is 17.9 Å². The SMILES string of the molecule is COCC=CC1(C(N)=O)C=CN(Cc2ccc(-c3ccc(S(C)(=O)=O)cc3)cc2)N1. The highest BCUT2D eigenvalue weighted by Crippen LogP contribution is 2.23.